The summed E-state index contributed by atoms with van der Waals surface area (Å²) < 4.78 is 0. The van der Waals surface area contributed by atoms with Gasteiger partial charge < -0.3 is 15.5 Å². The molecule has 0 atom stereocenters. The van der Waals surface area contributed by atoms with E-state index in [1.165, 1.54) is 5.56 Å². The summed E-state index contributed by atoms with van der Waals surface area (Å²) >= 11 is 0. The fourth-order valence-electron chi connectivity index (χ4n) is 4.23. The smallest absolute Gasteiger partial charge is 0.229 e. The molecule has 0 saturated carbocycles. The van der Waals surface area contributed by atoms with Crippen LogP contribution in [-0.2, 0) is 6.54 Å². The third-order valence-corrected chi connectivity index (χ3v) is 6.51. The summed E-state index contributed by atoms with van der Waals surface area (Å²) in [6.45, 7) is 7.39. The Bertz CT molecular complexity index is 1330. The number of rotatable bonds is 8. The second-order valence-electron chi connectivity index (χ2n) is 9.68. The van der Waals surface area contributed by atoms with Crippen molar-refractivity contribution in [2.24, 2.45) is 0 Å². The number of hydrogen-bond donors (Lipinski definition) is 2. The number of nitrogens with zero attached hydrogens (tertiary/aromatic N) is 7. The van der Waals surface area contributed by atoms with E-state index in [4.69, 9.17) is 0 Å². The van der Waals surface area contributed by atoms with Gasteiger partial charge in [0.1, 0.15) is 17.3 Å². The second-order valence-corrected chi connectivity index (χ2v) is 9.68. The Kier molecular flexibility index (Phi) is 6.58. The van der Waals surface area contributed by atoms with E-state index in [0.29, 0.717) is 23.4 Å². The number of aromatic nitrogens is 5. The maximum atomic E-state index is 4.58. The Morgan fingerprint density at radius 2 is 1.58 bits per heavy atom. The lowest BCUT2D eigenvalue weighted by Crippen LogP contribution is -2.66. The van der Waals surface area contributed by atoms with Crippen molar-refractivity contribution in [2.75, 3.05) is 37.8 Å². The molecule has 3 aromatic heterocycles. The number of nitrogens with one attached hydrogen (secondary N) is 2. The maximum absolute atomic E-state index is 4.58. The summed E-state index contributed by atoms with van der Waals surface area (Å²) in [5, 5.41) is 6.52. The second kappa shape index (κ2) is 9.96. The molecule has 0 radical (unpaired) electrons. The number of hydrogen-bond acceptors (Lipinski definition) is 9. The van der Waals surface area contributed by atoms with E-state index in [-0.39, 0.29) is 5.54 Å². The van der Waals surface area contributed by atoms with E-state index < -0.39 is 0 Å². The van der Waals surface area contributed by atoms with Crippen LogP contribution in [-0.4, -0.2) is 67.4 Å². The highest BCUT2D eigenvalue weighted by Gasteiger charge is 2.40. The van der Waals surface area contributed by atoms with E-state index >= 15 is 0 Å². The van der Waals surface area contributed by atoms with Gasteiger partial charge in [-0.05, 0) is 69.9 Å². The highest BCUT2D eigenvalue weighted by Crippen LogP contribution is 2.27. The number of likely N-dealkylation sites (N-methyl/N-ethyl adjacent to an activating group) is 1. The quantitative estimate of drug-likeness (QED) is 0.383. The van der Waals surface area contributed by atoms with Gasteiger partial charge in [0.25, 0.3) is 0 Å². The predicted molar refractivity (Wildman–Crippen MR) is 142 cm³/mol. The Hall–Kier alpha value is -3.95. The molecule has 0 unspecified atom stereocenters. The highest BCUT2D eigenvalue weighted by molar-refractivity contribution is 5.59. The van der Waals surface area contributed by atoms with Crippen LogP contribution in [0, 0.1) is 6.92 Å². The topological polar surface area (TPSA) is 95.0 Å². The predicted octanol–water partition coefficient (Wildman–Crippen LogP) is 4.26. The normalized spacial score (nSPS) is 14.9. The number of pyridine rings is 1. The van der Waals surface area contributed by atoms with Crippen molar-refractivity contribution in [2.45, 2.75) is 25.9 Å². The molecule has 4 heterocycles. The average Bonchev–Trinajstić information content (AvgIpc) is 2.84. The van der Waals surface area contributed by atoms with Gasteiger partial charge in [0, 0.05) is 48.9 Å². The lowest BCUT2D eigenvalue weighted by Gasteiger charge is -2.52. The van der Waals surface area contributed by atoms with Gasteiger partial charge in [-0.1, -0.05) is 18.2 Å². The van der Waals surface area contributed by atoms with Gasteiger partial charge >= 0.3 is 0 Å². The van der Waals surface area contributed by atoms with Crippen LogP contribution < -0.4 is 10.6 Å². The molecule has 0 bridgehead atoms. The highest BCUT2D eigenvalue weighted by atomic mass is 15.3. The summed E-state index contributed by atoms with van der Waals surface area (Å²) in [4.78, 5) is 27.2. The number of likely N-dealkylation sites (tertiary alicyclic amines) is 1. The fraction of sp³-hybridized carbons (Fsp3) is 0.296. The Balaban J connectivity index is 1.21. The number of aryl methyl sites for hydroxylation is 1. The largest absolute Gasteiger partial charge is 0.325 e. The lowest BCUT2D eigenvalue weighted by molar-refractivity contribution is -0.0208. The van der Waals surface area contributed by atoms with Crippen LogP contribution in [0.3, 0.4) is 0 Å². The zero-order valence-electron chi connectivity index (χ0n) is 21.1. The number of benzene rings is 1. The monoisotopic (exact) mass is 481 g/mol. The molecule has 5 rings (SSSR count). The van der Waals surface area contributed by atoms with Crippen LogP contribution in [0.1, 0.15) is 18.2 Å². The molecule has 1 aliphatic rings. The SMILES string of the molecule is Cc1cccc(-c2nccc(Nc3ccnc(Nc4ccc(CN5CC(C)(N(C)C)C5)cc4)n3)n2)n1. The third-order valence-electron chi connectivity index (χ3n) is 6.51. The van der Waals surface area contributed by atoms with Gasteiger partial charge in [-0.3, -0.25) is 4.90 Å². The first-order valence-electron chi connectivity index (χ1n) is 12.0. The molecular weight excluding hydrogens is 450 g/mol. The van der Waals surface area contributed by atoms with E-state index in [1.807, 2.05) is 25.1 Å². The van der Waals surface area contributed by atoms with Crippen molar-refractivity contribution in [1.29, 1.82) is 0 Å². The first-order chi connectivity index (χ1) is 17.4. The van der Waals surface area contributed by atoms with Crippen LogP contribution in [0.25, 0.3) is 11.5 Å². The van der Waals surface area contributed by atoms with Crippen molar-refractivity contribution in [3.8, 4) is 11.5 Å². The van der Waals surface area contributed by atoms with Gasteiger partial charge in [0.05, 0.1) is 0 Å². The van der Waals surface area contributed by atoms with Crippen molar-refractivity contribution >= 4 is 23.3 Å². The fourth-order valence-corrected chi connectivity index (χ4v) is 4.23. The molecule has 0 spiro atoms. The molecule has 1 aliphatic heterocycles. The molecule has 36 heavy (non-hydrogen) atoms. The molecule has 184 valence electrons. The Labute approximate surface area is 211 Å². The van der Waals surface area contributed by atoms with Crippen molar-refractivity contribution in [1.82, 2.24) is 34.7 Å². The summed E-state index contributed by atoms with van der Waals surface area (Å²) in [6, 6.07) is 17.8. The van der Waals surface area contributed by atoms with Gasteiger partial charge in [-0.15, -0.1) is 0 Å². The van der Waals surface area contributed by atoms with Crippen molar-refractivity contribution in [3.05, 3.63) is 78.2 Å². The van der Waals surface area contributed by atoms with Crippen LogP contribution in [0.2, 0.25) is 0 Å². The van der Waals surface area contributed by atoms with Crippen LogP contribution in [0.5, 0.6) is 0 Å². The van der Waals surface area contributed by atoms with Crippen LogP contribution in [0.15, 0.2) is 67.0 Å². The minimum absolute atomic E-state index is 0.280. The summed E-state index contributed by atoms with van der Waals surface area (Å²) in [6.07, 6.45) is 3.42. The summed E-state index contributed by atoms with van der Waals surface area (Å²) in [7, 11) is 4.30. The van der Waals surface area contributed by atoms with Crippen molar-refractivity contribution in [3.63, 3.8) is 0 Å². The Morgan fingerprint density at radius 3 is 2.31 bits per heavy atom. The molecule has 0 aliphatic carbocycles. The standard InChI is InChI=1S/C27H31N9/c1-19-6-5-7-22(30-19)25-28-14-12-23(33-25)32-24-13-15-29-26(34-24)31-21-10-8-20(9-11-21)16-36-17-27(2,18-36)35(3)4/h5-15H,16-18H2,1-4H3,(H2,28,29,31,32,33,34). The molecule has 0 amide bonds. The van der Waals surface area contributed by atoms with Gasteiger partial charge in [0.15, 0.2) is 5.82 Å². The van der Waals surface area contributed by atoms with E-state index in [9.17, 15) is 0 Å². The third kappa shape index (κ3) is 5.48. The van der Waals surface area contributed by atoms with Gasteiger partial charge in [-0.25, -0.2) is 19.9 Å². The first-order valence-corrected chi connectivity index (χ1v) is 12.0. The zero-order valence-corrected chi connectivity index (χ0v) is 21.1. The van der Waals surface area contributed by atoms with Crippen LogP contribution >= 0.6 is 0 Å². The first kappa shape index (κ1) is 23.8. The Morgan fingerprint density at radius 1 is 0.861 bits per heavy atom. The maximum Gasteiger partial charge on any atom is 0.229 e. The molecule has 4 aromatic rings. The van der Waals surface area contributed by atoms with Crippen LogP contribution in [0.4, 0.5) is 23.3 Å². The lowest BCUT2D eigenvalue weighted by atomic mass is 9.90. The minimum atomic E-state index is 0.280. The minimum Gasteiger partial charge on any atom is -0.325 e. The van der Waals surface area contributed by atoms with E-state index in [1.54, 1.807) is 24.5 Å². The number of anilines is 4. The molecule has 1 saturated heterocycles. The molecule has 9 heteroatoms. The van der Waals surface area contributed by atoms with E-state index in [0.717, 1.165) is 36.7 Å². The van der Waals surface area contributed by atoms with E-state index in [2.05, 4.69) is 90.6 Å². The summed E-state index contributed by atoms with van der Waals surface area (Å²) in [5.41, 5.74) is 4.16. The molecule has 2 N–H and O–H groups in total. The zero-order chi connectivity index (χ0) is 25.1. The van der Waals surface area contributed by atoms with Gasteiger partial charge in [-0.2, -0.15) is 4.98 Å². The van der Waals surface area contributed by atoms with Gasteiger partial charge in [0.2, 0.25) is 5.95 Å². The van der Waals surface area contributed by atoms with Crippen molar-refractivity contribution < 1.29 is 0 Å². The molecular formula is C27H31N9. The molecule has 9 nitrogen and oxygen atoms in total. The average molecular weight is 482 g/mol. The molecule has 1 aromatic carbocycles. The summed E-state index contributed by atoms with van der Waals surface area (Å²) in [5.74, 6) is 2.33. The molecule has 1 fully saturated rings.